The second-order valence-electron chi connectivity index (χ2n) is 4.35. The molecule has 0 amide bonds. The van der Waals surface area contributed by atoms with E-state index in [0.717, 1.165) is 16.8 Å². The van der Waals surface area contributed by atoms with Gasteiger partial charge >= 0.3 is 0 Å². The van der Waals surface area contributed by atoms with E-state index in [2.05, 4.69) is 21.5 Å². The predicted molar refractivity (Wildman–Crippen MR) is 69.9 cm³/mol. The highest BCUT2D eigenvalue weighted by molar-refractivity contribution is 8.31. The van der Waals surface area contributed by atoms with Crippen LogP contribution in [0, 0.1) is 0 Å². The van der Waals surface area contributed by atoms with Gasteiger partial charge in [0.05, 0.1) is 0 Å². The minimum absolute atomic E-state index is 0.0920. The Bertz CT molecular complexity index is 372. The molecule has 0 heterocycles. The monoisotopic (exact) mass is 247 g/mol. The molecule has 3 heteroatoms. The summed E-state index contributed by atoms with van der Waals surface area (Å²) in [6.07, 6.45) is 6.58. The molecule has 1 nitrogen and oxygen atoms in total. The van der Waals surface area contributed by atoms with Crippen LogP contribution in [0.3, 0.4) is 0 Å². The maximum atomic E-state index is 11.6. The summed E-state index contributed by atoms with van der Waals surface area (Å²) in [6.45, 7) is 0. The molecule has 0 saturated heterocycles. The first-order chi connectivity index (χ1) is 7.81. The summed E-state index contributed by atoms with van der Waals surface area (Å²) in [7, 11) is 3.19. The fourth-order valence-corrected chi connectivity index (χ4v) is 3.01. The van der Waals surface area contributed by atoms with Crippen LogP contribution in [-0.2, 0) is 0 Å². The van der Waals surface area contributed by atoms with Crippen molar-refractivity contribution in [2.45, 2.75) is 38.0 Å². The minimum Gasteiger partial charge on any atom is -0.282 e. The molecule has 2 rings (SSSR count). The van der Waals surface area contributed by atoms with E-state index in [1.54, 1.807) is 0 Å². The molecule has 0 aromatic heterocycles. The van der Waals surface area contributed by atoms with Gasteiger partial charge in [-0.25, -0.2) is 0 Å². The van der Waals surface area contributed by atoms with Gasteiger partial charge in [0.15, 0.2) is 0 Å². The first-order valence-electron chi connectivity index (χ1n) is 5.79. The average molecular weight is 247 g/mol. The maximum absolute atomic E-state index is 11.6. The van der Waals surface area contributed by atoms with Gasteiger partial charge in [-0.3, -0.25) is 4.79 Å². The number of carbonyl (C=O) groups is 1. The van der Waals surface area contributed by atoms with Crippen LogP contribution < -0.4 is 0 Å². The van der Waals surface area contributed by atoms with Crippen molar-refractivity contribution in [2.24, 2.45) is 0 Å². The fraction of sp³-hybridized carbons (Fsp3) is 0.462. The van der Waals surface area contributed by atoms with Gasteiger partial charge in [0, 0.05) is 5.56 Å². The fourth-order valence-electron chi connectivity index (χ4n) is 2.41. The van der Waals surface area contributed by atoms with Crippen LogP contribution in [0.1, 0.15) is 53.9 Å². The number of carbonyl (C=O) groups excluding carboxylic acids is 1. The summed E-state index contributed by atoms with van der Waals surface area (Å²) < 4.78 is 0. The Morgan fingerprint density at radius 2 is 2.00 bits per heavy atom. The molecule has 83 valence electrons. The first-order valence-corrected chi connectivity index (χ1v) is 7.83. The molecule has 0 N–H and O–H groups in total. The molecular formula is C13H15OSSi. The predicted octanol–water partition coefficient (Wildman–Crippen LogP) is 3.69. The van der Waals surface area contributed by atoms with Gasteiger partial charge < -0.3 is 0 Å². The van der Waals surface area contributed by atoms with Crippen molar-refractivity contribution in [1.82, 2.24) is 0 Å². The van der Waals surface area contributed by atoms with Gasteiger partial charge in [-0.2, -0.15) is 0 Å². The number of rotatable bonds is 2. The molecule has 3 radical (unpaired) electrons. The Morgan fingerprint density at radius 1 is 1.25 bits per heavy atom. The topological polar surface area (TPSA) is 17.1 Å². The van der Waals surface area contributed by atoms with Crippen molar-refractivity contribution in [2.75, 3.05) is 0 Å². The van der Waals surface area contributed by atoms with E-state index in [-0.39, 0.29) is 5.12 Å². The molecule has 0 spiro atoms. The van der Waals surface area contributed by atoms with Crippen molar-refractivity contribution in [3.63, 3.8) is 0 Å². The van der Waals surface area contributed by atoms with E-state index < -0.39 is 0 Å². The maximum Gasteiger partial charge on any atom is 0.212 e. The molecule has 0 bridgehead atoms. The van der Waals surface area contributed by atoms with Gasteiger partial charge in [-0.1, -0.05) is 37.5 Å². The Balaban J connectivity index is 2.17. The van der Waals surface area contributed by atoms with E-state index in [1.165, 1.54) is 37.7 Å². The van der Waals surface area contributed by atoms with Gasteiger partial charge in [-0.15, -0.1) is 11.2 Å². The van der Waals surface area contributed by atoms with E-state index in [9.17, 15) is 4.79 Å². The zero-order valence-electron chi connectivity index (χ0n) is 9.24. The normalized spacial score (nSPS) is 17.3. The van der Waals surface area contributed by atoms with Crippen LogP contribution in [0.2, 0.25) is 0 Å². The smallest absolute Gasteiger partial charge is 0.212 e. The standard InChI is InChI=1S/C13H15OSSi/c14-13(15-16)12-8-4-7-11(9-12)10-5-2-1-3-6-10/h4,7-10H,1-3,5-6H2. The minimum atomic E-state index is 0.0920. The molecule has 0 aliphatic heterocycles. The van der Waals surface area contributed by atoms with Gasteiger partial charge in [0.1, 0.15) is 9.39 Å². The third-order valence-corrected chi connectivity index (χ3v) is 4.27. The van der Waals surface area contributed by atoms with Crippen molar-refractivity contribution >= 4 is 25.7 Å². The summed E-state index contributed by atoms with van der Waals surface area (Å²) >= 11 is 1.10. The second kappa shape index (κ2) is 5.69. The van der Waals surface area contributed by atoms with E-state index in [4.69, 9.17) is 0 Å². The highest BCUT2D eigenvalue weighted by Gasteiger charge is 2.16. The number of hydrogen-bond donors (Lipinski definition) is 0. The zero-order valence-corrected chi connectivity index (χ0v) is 11.1. The Morgan fingerprint density at radius 3 is 2.69 bits per heavy atom. The van der Waals surface area contributed by atoms with Crippen molar-refractivity contribution < 1.29 is 4.79 Å². The lowest BCUT2D eigenvalue weighted by atomic mass is 9.84. The van der Waals surface area contributed by atoms with E-state index in [1.807, 2.05) is 12.1 Å². The van der Waals surface area contributed by atoms with Crippen LogP contribution in [0.25, 0.3) is 0 Å². The summed E-state index contributed by atoms with van der Waals surface area (Å²) in [5.74, 6) is 0.668. The summed E-state index contributed by atoms with van der Waals surface area (Å²) in [5.41, 5.74) is 2.15. The lowest BCUT2D eigenvalue weighted by molar-refractivity contribution is 0.109. The molecule has 1 aliphatic carbocycles. The molecule has 1 aromatic rings. The molecule has 1 saturated carbocycles. The molecule has 1 fully saturated rings. The largest absolute Gasteiger partial charge is 0.282 e. The highest BCUT2D eigenvalue weighted by atomic mass is 32.4. The van der Waals surface area contributed by atoms with Crippen molar-refractivity contribution in [3.05, 3.63) is 35.4 Å². The quantitative estimate of drug-likeness (QED) is 0.741. The summed E-state index contributed by atoms with van der Waals surface area (Å²) in [6, 6.07) is 8.11. The Hall–Kier alpha value is -0.543. The van der Waals surface area contributed by atoms with Crippen LogP contribution in [0.5, 0.6) is 0 Å². The van der Waals surface area contributed by atoms with Gasteiger partial charge in [-0.05, 0) is 30.4 Å². The van der Waals surface area contributed by atoms with Crippen LogP contribution in [0.4, 0.5) is 0 Å². The molecule has 1 aliphatic rings. The molecule has 1 aromatic carbocycles. The third kappa shape index (κ3) is 2.77. The van der Waals surface area contributed by atoms with Gasteiger partial charge in [0.25, 0.3) is 0 Å². The Kier molecular flexibility index (Phi) is 4.24. The van der Waals surface area contributed by atoms with E-state index in [0.29, 0.717) is 5.92 Å². The lowest BCUT2D eigenvalue weighted by Gasteiger charge is -2.22. The zero-order chi connectivity index (χ0) is 11.4. The van der Waals surface area contributed by atoms with Crippen LogP contribution in [-0.4, -0.2) is 14.5 Å². The average Bonchev–Trinajstić information content (AvgIpc) is 2.39. The van der Waals surface area contributed by atoms with Crippen molar-refractivity contribution in [1.29, 1.82) is 0 Å². The molecular weight excluding hydrogens is 232 g/mol. The van der Waals surface area contributed by atoms with Crippen molar-refractivity contribution in [3.8, 4) is 0 Å². The summed E-state index contributed by atoms with van der Waals surface area (Å²) in [4.78, 5) is 11.6. The highest BCUT2D eigenvalue weighted by Crippen LogP contribution is 2.33. The summed E-state index contributed by atoms with van der Waals surface area (Å²) in [5, 5.41) is 0.0920. The van der Waals surface area contributed by atoms with Crippen LogP contribution >= 0.6 is 11.2 Å². The lowest BCUT2D eigenvalue weighted by Crippen LogP contribution is -2.05. The van der Waals surface area contributed by atoms with E-state index >= 15 is 0 Å². The van der Waals surface area contributed by atoms with Crippen LogP contribution in [0.15, 0.2) is 24.3 Å². The first kappa shape index (κ1) is 11.9. The number of benzene rings is 1. The molecule has 0 unspecified atom stereocenters. The third-order valence-electron chi connectivity index (χ3n) is 3.29. The SMILES string of the molecule is O=C(S[Si])c1cccc(C2CCCCC2)c1. The Labute approximate surface area is 104 Å². The number of hydrogen-bond acceptors (Lipinski definition) is 2. The second-order valence-corrected chi connectivity index (χ2v) is 5.54. The molecule has 16 heavy (non-hydrogen) atoms. The molecule has 0 atom stereocenters. The van der Waals surface area contributed by atoms with Gasteiger partial charge in [0.2, 0.25) is 5.12 Å².